The maximum absolute atomic E-state index is 5.79. The van der Waals surface area contributed by atoms with Crippen molar-refractivity contribution in [3.8, 4) is 0 Å². The Labute approximate surface area is 124 Å². The Hall–Kier alpha value is -2.60. The lowest BCUT2D eigenvalue weighted by Gasteiger charge is -2.04. The van der Waals surface area contributed by atoms with E-state index in [2.05, 4.69) is 19.9 Å². The van der Waals surface area contributed by atoms with Crippen LogP contribution in [0.25, 0.3) is 21.9 Å². The van der Waals surface area contributed by atoms with Crippen molar-refractivity contribution in [1.82, 2.24) is 19.9 Å². The van der Waals surface area contributed by atoms with Crippen LogP contribution in [-0.4, -0.2) is 19.9 Å². The third kappa shape index (κ3) is 2.19. The monoisotopic (exact) mass is 293 g/mol. The highest BCUT2D eigenvalue weighted by Gasteiger charge is 2.10. The zero-order valence-electron chi connectivity index (χ0n) is 10.9. The number of rotatable bonds is 2. The molecule has 4 aromatic rings. The Bertz CT molecular complexity index is 914. The number of hydrogen-bond acceptors (Lipinski definition) is 5. The largest absolute Gasteiger partial charge is 0.368 e. The van der Waals surface area contributed by atoms with Gasteiger partial charge in [-0.2, -0.15) is 0 Å². The molecule has 2 heterocycles. The average molecular weight is 293 g/mol. The number of aromatic nitrogens is 4. The fourth-order valence-electron chi connectivity index (χ4n) is 2.21. The molecule has 102 valence electrons. The second-order valence-electron chi connectivity index (χ2n) is 4.57. The topological polar surface area (TPSA) is 80.5 Å². The van der Waals surface area contributed by atoms with E-state index in [9.17, 15) is 0 Å². The van der Waals surface area contributed by atoms with Crippen LogP contribution in [0.3, 0.4) is 0 Å². The van der Waals surface area contributed by atoms with E-state index < -0.39 is 0 Å². The molecule has 0 saturated carbocycles. The number of benzene rings is 2. The number of H-pyrrole nitrogens is 1. The molecule has 0 aliphatic carbocycles. The molecular formula is C15H11N5S. The molecule has 3 N–H and O–H groups in total. The lowest BCUT2D eigenvalue weighted by molar-refractivity contribution is 1.06. The number of anilines is 1. The summed E-state index contributed by atoms with van der Waals surface area (Å²) in [6.45, 7) is 0. The standard InChI is InChI=1S/C15H11N5S/c16-14-17-10-6-2-1-5-9(10)13(20-14)21-15-18-11-7-3-4-8-12(11)19-15/h1-8H,(H,18,19)(H2,16,17,20). The van der Waals surface area contributed by atoms with Gasteiger partial charge in [0.2, 0.25) is 5.95 Å². The third-order valence-corrected chi connectivity index (χ3v) is 4.04. The highest BCUT2D eigenvalue weighted by Crippen LogP contribution is 2.31. The van der Waals surface area contributed by atoms with Crippen LogP contribution in [0.4, 0.5) is 5.95 Å². The molecule has 0 amide bonds. The summed E-state index contributed by atoms with van der Waals surface area (Å²) < 4.78 is 0. The van der Waals surface area contributed by atoms with Crippen LogP contribution in [0, 0.1) is 0 Å². The van der Waals surface area contributed by atoms with E-state index >= 15 is 0 Å². The molecule has 2 aromatic heterocycles. The molecule has 0 spiro atoms. The number of imidazole rings is 1. The SMILES string of the molecule is Nc1nc(Sc2nc3ccccc3[nH]2)c2ccccc2n1. The molecule has 6 heteroatoms. The van der Waals surface area contributed by atoms with Crippen molar-refractivity contribution in [2.45, 2.75) is 10.2 Å². The summed E-state index contributed by atoms with van der Waals surface area (Å²) in [6, 6.07) is 15.7. The van der Waals surface area contributed by atoms with E-state index in [1.54, 1.807) is 0 Å². The molecular weight excluding hydrogens is 282 g/mol. The molecule has 0 fully saturated rings. The number of aromatic amines is 1. The van der Waals surface area contributed by atoms with Gasteiger partial charge in [-0.1, -0.05) is 30.3 Å². The number of para-hydroxylation sites is 3. The number of nitrogen functional groups attached to an aromatic ring is 1. The maximum Gasteiger partial charge on any atom is 0.221 e. The van der Waals surface area contributed by atoms with Gasteiger partial charge in [0.25, 0.3) is 0 Å². The first kappa shape index (κ1) is 12.2. The van der Waals surface area contributed by atoms with Crippen LogP contribution in [0.1, 0.15) is 0 Å². The zero-order chi connectivity index (χ0) is 14.2. The molecule has 0 saturated heterocycles. The number of fused-ring (bicyclic) bond motifs is 2. The minimum Gasteiger partial charge on any atom is -0.368 e. The van der Waals surface area contributed by atoms with Crippen molar-refractivity contribution < 1.29 is 0 Å². The lowest BCUT2D eigenvalue weighted by Crippen LogP contribution is -1.97. The van der Waals surface area contributed by atoms with Crippen molar-refractivity contribution >= 4 is 39.6 Å². The minimum absolute atomic E-state index is 0.271. The smallest absolute Gasteiger partial charge is 0.221 e. The van der Waals surface area contributed by atoms with Gasteiger partial charge in [0.15, 0.2) is 5.16 Å². The first-order valence-electron chi connectivity index (χ1n) is 6.44. The van der Waals surface area contributed by atoms with E-state index in [0.717, 1.165) is 32.1 Å². The Balaban J connectivity index is 1.83. The van der Waals surface area contributed by atoms with E-state index in [1.807, 2.05) is 48.5 Å². The fraction of sp³-hybridized carbons (Fsp3) is 0. The normalized spacial score (nSPS) is 11.2. The predicted molar refractivity (Wildman–Crippen MR) is 84.2 cm³/mol. The molecule has 2 aromatic carbocycles. The highest BCUT2D eigenvalue weighted by atomic mass is 32.2. The molecule has 0 aliphatic rings. The van der Waals surface area contributed by atoms with E-state index in [1.165, 1.54) is 11.8 Å². The van der Waals surface area contributed by atoms with E-state index in [4.69, 9.17) is 5.73 Å². The average Bonchev–Trinajstić information content (AvgIpc) is 2.89. The van der Waals surface area contributed by atoms with Crippen molar-refractivity contribution in [1.29, 1.82) is 0 Å². The van der Waals surface area contributed by atoms with Crippen LogP contribution in [0.2, 0.25) is 0 Å². The van der Waals surface area contributed by atoms with Crippen LogP contribution < -0.4 is 5.73 Å². The van der Waals surface area contributed by atoms with Gasteiger partial charge in [-0.3, -0.25) is 0 Å². The summed E-state index contributed by atoms with van der Waals surface area (Å²) in [4.78, 5) is 16.4. The molecule has 21 heavy (non-hydrogen) atoms. The first-order valence-corrected chi connectivity index (χ1v) is 7.26. The van der Waals surface area contributed by atoms with Crippen molar-refractivity contribution in [2.24, 2.45) is 0 Å². The Kier molecular flexibility index (Phi) is 2.75. The molecule has 0 atom stereocenters. The summed E-state index contributed by atoms with van der Waals surface area (Å²) in [5.74, 6) is 0.271. The lowest BCUT2D eigenvalue weighted by atomic mass is 10.2. The molecule has 5 nitrogen and oxygen atoms in total. The van der Waals surface area contributed by atoms with Gasteiger partial charge in [-0.25, -0.2) is 15.0 Å². The third-order valence-electron chi connectivity index (χ3n) is 3.15. The summed E-state index contributed by atoms with van der Waals surface area (Å²) in [5, 5.41) is 2.56. The van der Waals surface area contributed by atoms with Crippen LogP contribution >= 0.6 is 11.8 Å². The van der Waals surface area contributed by atoms with Crippen LogP contribution in [-0.2, 0) is 0 Å². The van der Waals surface area contributed by atoms with Crippen LogP contribution in [0.5, 0.6) is 0 Å². The summed E-state index contributed by atoms with van der Waals surface area (Å²) >= 11 is 1.46. The second kappa shape index (κ2) is 4.75. The molecule has 0 aliphatic heterocycles. The summed E-state index contributed by atoms with van der Waals surface area (Å²) in [6.07, 6.45) is 0. The first-order chi connectivity index (χ1) is 10.3. The number of hydrogen-bond donors (Lipinski definition) is 2. The number of nitrogens with one attached hydrogen (secondary N) is 1. The van der Waals surface area contributed by atoms with Gasteiger partial charge >= 0.3 is 0 Å². The summed E-state index contributed by atoms with van der Waals surface area (Å²) in [5.41, 5.74) is 8.57. The maximum atomic E-state index is 5.79. The van der Waals surface area contributed by atoms with Gasteiger partial charge in [0.05, 0.1) is 16.6 Å². The Morgan fingerprint density at radius 3 is 2.48 bits per heavy atom. The van der Waals surface area contributed by atoms with Gasteiger partial charge in [-0.05, 0) is 30.0 Å². The zero-order valence-corrected chi connectivity index (χ0v) is 11.8. The molecule has 0 bridgehead atoms. The number of nitrogens with two attached hydrogens (primary N) is 1. The second-order valence-corrected chi connectivity index (χ2v) is 5.54. The quantitative estimate of drug-likeness (QED) is 0.555. The minimum atomic E-state index is 0.271. The van der Waals surface area contributed by atoms with E-state index in [0.29, 0.717) is 0 Å². The van der Waals surface area contributed by atoms with Crippen molar-refractivity contribution in [2.75, 3.05) is 5.73 Å². The molecule has 0 unspecified atom stereocenters. The molecule has 4 rings (SSSR count). The van der Waals surface area contributed by atoms with Gasteiger partial charge in [-0.15, -0.1) is 0 Å². The van der Waals surface area contributed by atoms with Crippen molar-refractivity contribution in [3.05, 3.63) is 48.5 Å². The van der Waals surface area contributed by atoms with Gasteiger partial charge < -0.3 is 10.7 Å². The highest BCUT2D eigenvalue weighted by molar-refractivity contribution is 7.99. The Morgan fingerprint density at radius 2 is 1.62 bits per heavy atom. The van der Waals surface area contributed by atoms with Gasteiger partial charge in [0, 0.05) is 5.39 Å². The predicted octanol–water partition coefficient (Wildman–Crippen LogP) is 3.24. The van der Waals surface area contributed by atoms with Crippen molar-refractivity contribution in [3.63, 3.8) is 0 Å². The number of nitrogens with zero attached hydrogens (tertiary/aromatic N) is 3. The van der Waals surface area contributed by atoms with E-state index in [-0.39, 0.29) is 5.95 Å². The Morgan fingerprint density at radius 1 is 0.857 bits per heavy atom. The fourth-order valence-corrected chi connectivity index (χ4v) is 3.12. The van der Waals surface area contributed by atoms with Gasteiger partial charge in [0.1, 0.15) is 5.03 Å². The molecule has 0 radical (unpaired) electrons. The summed E-state index contributed by atoms with van der Waals surface area (Å²) in [7, 11) is 0. The van der Waals surface area contributed by atoms with Crippen LogP contribution in [0.15, 0.2) is 58.7 Å².